The molecule has 168 valence electrons. The molecule has 0 fully saturated rings. The van der Waals surface area contributed by atoms with Crippen molar-refractivity contribution >= 4 is 40.1 Å². The molecule has 0 aromatic heterocycles. The van der Waals surface area contributed by atoms with Crippen LogP contribution in [0.1, 0.15) is 22.3 Å². The van der Waals surface area contributed by atoms with Gasteiger partial charge in [-0.15, -0.1) is 4.91 Å². The van der Waals surface area contributed by atoms with E-state index in [4.69, 9.17) is 5.73 Å². The first kappa shape index (κ1) is 22.4. The van der Waals surface area contributed by atoms with Gasteiger partial charge >= 0.3 is 0 Å². The summed E-state index contributed by atoms with van der Waals surface area (Å²) in [5.74, 6) is -6.60. The molecule has 0 radical (unpaired) electrons. The number of benzene rings is 1. The van der Waals surface area contributed by atoms with Crippen LogP contribution in [0.4, 0.5) is 0 Å². The number of amides is 1. The van der Waals surface area contributed by atoms with Gasteiger partial charge in [0.05, 0.1) is 11.6 Å². The van der Waals surface area contributed by atoms with Gasteiger partial charge in [-0.2, -0.15) is 0 Å². The summed E-state index contributed by atoms with van der Waals surface area (Å²) < 4.78 is 0.746. The Morgan fingerprint density at radius 1 is 1.25 bits per heavy atom. The van der Waals surface area contributed by atoms with Crippen LogP contribution in [-0.4, -0.2) is 63.4 Å². The molecule has 3 aliphatic carbocycles. The van der Waals surface area contributed by atoms with Crippen molar-refractivity contribution in [2.45, 2.75) is 24.4 Å². The number of aliphatic hydroxyl groups is 2. The third kappa shape index (κ3) is 2.70. The highest BCUT2D eigenvalue weighted by molar-refractivity contribution is 14.1. The quantitative estimate of drug-likeness (QED) is 0.248. The molecule has 2 unspecified atom stereocenters. The van der Waals surface area contributed by atoms with Crippen LogP contribution in [0, 0.1) is 20.3 Å². The van der Waals surface area contributed by atoms with Crippen LogP contribution in [0.3, 0.4) is 0 Å². The van der Waals surface area contributed by atoms with Crippen molar-refractivity contribution in [1.29, 1.82) is 0 Å². The lowest BCUT2D eigenvalue weighted by Gasteiger charge is -2.49. The predicted octanol–water partition coefficient (Wildman–Crippen LogP) is 1.50. The zero-order chi connectivity index (χ0) is 23.7. The number of Topliss-reactive ketones (excluding diaryl/α,β-unsaturated/α-hetero) is 2. The van der Waals surface area contributed by atoms with Crippen molar-refractivity contribution < 1.29 is 29.7 Å². The van der Waals surface area contributed by atoms with Crippen molar-refractivity contribution in [1.82, 2.24) is 4.90 Å². The number of aliphatic hydroxyl groups excluding tert-OH is 2. The van der Waals surface area contributed by atoms with Crippen LogP contribution in [-0.2, 0) is 16.0 Å². The smallest absolute Gasteiger partial charge is 0.255 e. The molecule has 0 saturated carbocycles. The fraction of sp³-hybridized carbons (Fsp3) is 0.381. The number of likely N-dealkylation sites (N-methyl/N-ethyl adjacent to an activating group) is 1. The maximum atomic E-state index is 13.4. The summed E-state index contributed by atoms with van der Waals surface area (Å²) in [6.45, 7) is 0. The fourth-order valence-corrected chi connectivity index (χ4v) is 6.03. The minimum Gasteiger partial charge on any atom is -0.510 e. The van der Waals surface area contributed by atoms with E-state index in [-0.39, 0.29) is 29.7 Å². The second-order valence-corrected chi connectivity index (χ2v) is 9.64. The molecule has 1 amide bonds. The number of nitrogens with two attached hydrogens (primary N) is 1. The minimum atomic E-state index is -2.50. The lowest BCUT2D eigenvalue weighted by atomic mass is 9.57. The van der Waals surface area contributed by atoms with E-state index in [1.807, 2.05) is 22.6 Å². The molecule has 0 bridgehead atoms. The van der Waals surface area contributed by atoms with E-state index >= 15 is 0 Å². The number of halogens is 1. The lowest BCUT2D eigenvalue weighted by Crippen LogP contribution is -2.62. The standard InChI is InChI=1S/C21H20IN3O7/c1-25(2)15-9-6-7-5-8-10(22)3-4-11(26)13(8)16(27)12(7)18(29)21(9,24-32)19(30)14(17(15)28)20(23)31/h3-4,7,9,15,26,28-29H,5-6H2,1-2H3,(H2,23,31)/t7?,9?,15-,21-/m0/s1. The van der Waals surface area contributed by atoms with Crippen LogP contribution in [0.25, 0.3) is 0 Å². The summed E-state index contributed by atoms with van der Waals surface area (Å²) in [4.78, 5) is 52.4. The van der Waals surface area contributed by atoms with E-state index < -0.39 is 58.0 Å². The Bertz CT molecular complexity index is 1170. The number of phenols is 1. The highest BCUT2D eigenvalue weighted by Crippen LogP contribution is 2.54. The Balaban J connectivity index is 2.03. The third-order valence-corrected chi connectivity index (χ3v) is 7.70. The molecule has 4 rings (SSSR count). The average molecular weight is 553 g/mol. The summed E-state index contributed by atoms with van der Waals surface area (Å²) in [7, 11) is 3.15. The molecule has 3 aliphatic rings. The molecule has 1 aromatic rings. The van der Waals surface area contributed by atoms with E-state index in [1.165, 1.54) is 11.0 Å². The van der Waals surface area contributed by atoms with E-state index in [9.17, 15) is 34.6 Å². The summed E-state index contributed by atoms with van der Waals surface area (Å²) >= 11 is 2.05. The maximum absolute atomic E-state index is 13.4. The van der Waals surface area contributed by atoms with Crippen LogP contribution in [0.2, 0.25) is 0 Å². The van der Waals surface area contributed by atoms with E-state index in [0.29, 0.717) is 5.56 Å². The number of rotatable bonds is 3. The van der Waals surface area contributed by atoms with Gasteiger partial charge in [-0.05, 0) is 78.3 Å². The van der Waals surface area contributed by atoms with Crippen molar-refractivity contribution in [3.05, 3.63) is 54.4 Å². The van der Waals surface area contributed by atoms with Crippen molar-refractivity contribution in [2.75, 3.05) is 14.1 Å². The average Bonchev–Trinajstić information content (AvgIpc) is 2.70. The predicted molar refractivity (Wildman–Crippen MR) is 120 cm³/mol. The van der Waals surface area contributed by atoms with Gasteiger partial charge < -0.3 is 21.1 Å². The Morgan fingerprint density at radius 3 is 2.47 bits per heavy atom. The molecule has 0 heterocycles. The first-order valence-corrected chi connectivity index (χ1v) is 10.8. The second kappa shape index (κ2) is 7.37. The van der Waals surface area contributed by atoms with Gasteiger partial charge in [-0.1, -0.05) is 0 Å². The van der Waals surface area contributed by atoms with E-state index in [2.05, 4.69) is 5.18 Å². The monoisotopic (exact) mass is 553 g/mol. The van der Waals surface area contributed by atoms with Gasteiger partial charge in [-0.3, -0.25) is 19.3 Å². The van der Waals surface area contributed by atoms with Crippen molar-refractivity contribution in [3.8, 4) is 5.75 Å². The SMILES string of the molecule is CN(C)[C@@H]1C(O)=C(C(N)=O)C(=O)[C@@]2(N=O)C(O)=C3C(=O)c4c(O)ccc(I)c4CC3CC12. The molecule has 11 heteroatoms. The van der Waals surface area contributed by atoms with Gasteiger partial charge in [0.1, 0.15) is 22.8 Å². The molecule has 10 nitrogen and oxygen atoms in total. The number of phenolic OH excluding ortho intramolecular Hbond substituents is 1. The Labute approximate surface area is 195 Å². The number of primary amides is 1. The van der Waals surface area contributed by atoms with Crippen LogP contribution in [0.5, 0.6) is 5.75 Å². The molecule has 0 saturated heterocycles. The van der Waals surface area contributed by atoms with Crippen LogP contribution >= 0.6 is 22.6 Å². The summed E-state index contributed by atoms with van der Waals surface area (Å²) in [6, 6.07) is 1.99. The fourth-order valence-electron chi connectivity index (χ4n) is 5.37. The second-order valence-electron chi connectivity index (χ2n) is 8.47. The summed E-state index contributed by atoms with van der Waals surface area (Å²) in [5, 5.41) is 35.3. The molecule has 1 aromatic carbocycles. The van der Waals surface area contributed by atoms with Crippen molar-refractivity contribution in [2.24, 2.45) is 22.7 Å². The van der Waals surface area contributed by atoms with E-state index in [0.717, 1.165) is 3.57 Å². The highest BCUT2D eigenvalue weighted by Gasteiger charge is 2.65. The molecular weight excluding hydrogens is 533 g/mol. The maximum Gasteiger partial charge on any atom is 0.255 e. The molecule has 0 aliphatic heterocycles. The molecular formula is C21H20IN3O7. The molecule has 4 atom stereocenters. The van der Waals surface area contributed by atoms with Gasteiger partial charge in [0, 0.05) is 15.1 Å². The number of fused-ring (bicyclic) bond motifs is 3. The zero-order valence-electron chi connectivity index (χ0n) is 17.1. The number of hydrogen-bond donors (Lipinski definition) is 4. The molecule has 32 heavy (non-hydrogen) atoms. The summed E-state index contributed by atoms with van der Waals surface area (Å²) in [6.07, 6.45) is 0.312. The topological polar surface area (TPSA) is 171 Å². The molecule has 5 N–H and O–H groups in total. The van der Waals surface area contributed by atoms with E-state index in [1.54, 1.807) is 20.2 Å². The number of nitroso groups, excluding NO2 is 1. The first-order valence-electron chi connectivity index (χ1n) is 9.76. The largest absolute Gasteiger partial charge is 0.510 e. The summed E-state index contributed by atoms with van der Waals surface area (Å²) in [5.41, 5.74) is 2.39. The van der Waals surface area contributed by atoms with Crippen LogP contribution in [0.15, 0.2) is 40.0 Å². The molecule has 0 spiro atoms. The minimum absolute atomic E-state index is 0.00451. The first-order chi connectivity index (χ1) is 15.0. The number of ketones is 2. The number of carbonyl (C=O) groups is 3. The number of allylic oxidation sites excluding steroid dienone is 1. The lowest BCUT2D eigenvalue weighted by molar-refractivity contribution is -0.129. The highest BCUT2D eigenvalue weighted by atomic mass is 127. The van der Waals surface area contributed by atoms with Gasteiger partial charge in [0.15, 0.2) is 5.78 Å². The Morgan fingerprint density at radius 2 is 1.91 bits per heavy atom. The number of nitrogens with zero attached hydrogens (tertiary/aromatic N) is 2. The number of aromatic hydroxyl groups is 1. The number of hydrogen-bond acceptors (Lipinski definition) is 9. The van der Waals surface area contributed by atoms with Crippen molar-refractivity contribution in [3.63, 3.8) is 0 Å². The van der Waals surface area contributed by atoms with Crippen LogP contribution < -0.4 is 5.73 Å². The van der Waals surface area contributed by atoms with Gasteiger partial charge in [-0.25, -0.2) is 0 Å². The Kier molecular flexibility index (Phi) is 5.16. The zero-order valence-corrected chi connectivity index (χ0v) is 19.3. The normalized spacial score (nSPS) is 29.6. The van der Waals surface area contributed by atoms with Gasteiger partial charge in [0.25, 0.3) is 5.91 Å². The third-order valence-electron chi connectivity index (χ3n) is 6.69. The number of carbonyl (C=O) groups excluding carboxylic acids is 3. The Hall–Kier alpha value is -2.80. The van der Waals surface area contributed by atoms with Gasteiger partial charge in [0.2, 0.25) is 11.3 Å².